The van der Waals surface area contributed by atoms with Gasteiger partial charge in [-0.2, -0.15) is 0 Å². The minimum atomic E-state index is -2.82. The Morgan fingerprint density at radius 1 is 1.35 bits per heavy atom. The Morgan fingerprint density at radius 2 is 2.17 bits per heavy atom. The van der Waals surface area contributed by atoms with E-state index in [1.165, 1.54) is 19.3 Å². The van der Waals surface area contributed by atoms with Crippen molar-refractivity contribution in [3.8, 4) is 0 Å². The van der Waals surface area contributed by atoms with E-state index in [0.29, 0.717) is 18.3 Å². The Labute approximate surface area is 139 Å². The van der Waals surface area contributed by atoms with Gasteiger partial charge in [-0.15, -0.1) is 0 Å². The fraction of sp³-hybridized carbons (Fsp3) is 0.938. The van der Waals surface area contributed by atoms with E-state index in [0.717, 1.165) is 38.4 Å². The molecular weight excluding hydrogens is 314 g/mol. The summed E-state index contributed by atoms with van der Waals surface area (Å²) in [5, 5.41) is 6.82. The molecule has 132 valence electrons. The SMILES string of the molecule is CCNC(=NCC1CCS(=O)(=O)C1)NC1CCOC2(CCC2)C1. The first kappa shape index (κ1) is 17.0. The van der Waals surface area contributed by atoms with Crippen LogP contribution in [-0.4, -0.2) is 57.2 Å². The third-order valence-corrected chi connectivity index (χ3v) is 7.11. The second-order valence-corrected chi connectivity index (χ2v) is 9.44. The van der Waals surface area contributed by atoms with E-state index in [4.69, 9.17) is 4.74 Å². The molecule has 0 aromatic carbocycles. The van der Waals surface area contributed by atoms with Gasteiger partial charge in [-0.25, -0.2) is 8.42 Å². The van der Waals surface area contributed by atoms with Crippen LogP contribution in [0, 0.1) is 5.92 Å². The molecule has 0 amide bonds. The monoisotopic (exact) mass is 343 g/mol. The van der Waals surface area contributed by atoms with E-state index >= 15 is 0 Å². The van der Waals surface area contributed by atoms with Gasteiger partial charge in [-0.05, 0) is 51.4 Å². The maximum Gasteiger partial charge on any atom is 0.191 e. The van der Waals surface area contributed by atoms with Crippen LogP contribution in [0.4, 0.5) is 0 Å². The zero-order valence-corrected chi connectivity index (χ0v) is 14.8. The van der Waals surface area contributed by atoms with E-state index in [9.17, 15) is 8.42 Å². The first-order valence-electron chi connectivity index (χ1n) is 8.89. The minimum absolute atomic E-state index is 0.118. The lowest BCUT2D eigenvalue weighted by Crippen LogP contribution is -2.54. The van der Waals surface area contributed by atoms with E-state index in [1.807, 2.05) is 0 Å². The zero-order valence-electron chi connectivity index (χ0n) is 14.0. The lowest BCUT2D eigenvalue weighted by Gasteiger charge is -2.47. The molecule has 1 spiro atoms. The molecule has 3 rings (SSSR count). The van der Waals surface area contributed by atoms with Gasteiger partial charge in [0.2, 0.25) is 0 Å². The molecule has 6 nitrogen and oxygen atoms in total. The number of aliphatic imine (C=N–C) groups is 1. The molecule has 2 aliphatic heterocycles. The molecule has 7 heteroatoms. The molecule has 2 N–H and O–H groups in total. The molecule has 2 atom stereocenters. The Morgan fingerprint density at radius 3 is 2.78 bits per heavy atom. The highest BCUT2D eigenvalue weighted by Crippen LogP contribution is 2.42. The summed E-state index contributed by atoms with van der Waals surface area (Å²) in [6.07, 6.45) is 6.43. The first-order valence-corrected chi connectivity index (χ1v) is 10.7. The summed E-state index contributed by atoms with van der Waals surface area (Å²) in [6, 6.07) is 0.397. The number of nitrogens with one attached hydrogen (secondary N) is 2. The zero-order chi connectivity index (χ0) is 16.3. The fourth-order valence-corrected chi connectivity index (χ4v) is 5.67. The van der Waals surface area contributed by atoms with Crippen molar-refractivity contribution >= 4 is 15.8 Å². The quantitative estimate of drug-likeness (QED) is 0.590. The molecule has 2 heterocycles. The second-order valence-electron chi connectivity index (χ2n) is 7.21. The molecule has 0 bridgehead atoms. The number of hydrogen-bond acceptors (Lipinski definition) is 4. The third-order valence-electron chi connectivity index (χ3n) is 5.28. The standard InChI is InChI=1S/C16H29N3O3S/c1-2-17-15(18-11-13-5-9-23(20,21)12-13)19-14-4-8-22-16(10-14)6-3-7-16/h13-14H,2-12H2,1H3,(H2,17,18,19). The van der Waals surface area contributed by atoms with Gasteiger partial charge in [-0.3, -0.25) is 4.99 Å². The average molecular weight is 343 g/mol. The van der Waals surface area contributed by atoms with E-state index < -0.39 is 9.84 Å². The molecule has 1 saturated carbocycles. The summed E-state index contributed by atoms with van der Waals surface area (Å²) in [5.74, 6) is 1.59. The van der Waals surface area contributed by atoms with E-state index in [1.54, 1.807) is 0 Å². The molecule has 0 aromatic rings. The van der Waals surface area contributed by atoms with Crippen molar-refractivity contribution in [1.29, 1.82) is 0 Å². The maximum absolute atomic E-state index is 11.5. The number of ether oxygens (including phenoxy) is 1. The lowest BCUT2D eigenvalue weighted by molar-refractivity contribution is -0.134. The van der Waals surface area contributed by atoms with Crippen molar-refractivity contribution in [2.24, 2.45) is 10.9 Å². The van der Waals surface area contributed by atoms with Crippen LogP contribution in [0.5, 0.6) is 0 Å². The van der Waals surface area contributed by atoms with Crippen LogP contribution in [0.15, 0.2) is 4.99 Å². The van der Waals surface area contributed by atoms with Gasteiger partial charge >= 0.3 is 0 Å². The maximum atomic E-state index is 11.5. The number of sulfone groups is 1. The van der Waals surface area contributed by atoms with Crippen LogP contribution in [0.3, 0.4) is 0 Å². The van der Waals surface area contributed by atoms with E-state index in [2.05, 4.69) is 22.5 Å². The van der Waals surface area contributed by atoms with E-state index in [-0.39, 0.29) is 17.3 Å². The van der Waals surface area contributed by atoms with Gasteiger partial charge in [-0.1, -0.05) is 0 Å². The van der Waals surface area contributed by atoms with Crippen LogP contribution in [0.25, 0.3) is 0 Å². The smallest absolute Gasteiger partial charge is 0.191 e. The second kappa shape index (κ2) is 6.97. The van der Waals surface area contributed by atoms with Crippen LogP contribution in [0.1, 0.15) is 45.4 Å². The van der Waals surface area contributed by atoms with Gasteiger partial charge < -0.3 is 15.4 Å². The van der Waals surface area contributed by atoms with Crippen molar-refractivity contribution in [2.45, 2.75) is 57.1 Å². The van der Waals surface area contributed by atoms with Crippen LogP contribution < -0.4 is 10.6 Å². The molecule has 0 aromatic heterocycles. The highest BCUT2D eigenvalue weighted by Gasteiger charge is 2.42. The van der Waals surface area contributed by atoms with Crippen molar-refractivity contribution in [3.05, 3.63) is 0 Å². The lowest BCUT2D eigenvalue weighted by atomic mass is 9.74. The summed E-state index contributed by atoms with van der Waals surface area (Å²) >= 11 is 0. The first-order chi connectivity index (χ1) is 11.0. The minimum Gasteiger partial charge on any atom is -0.375 e. The molecule has 3 fully saturated rings. The van der Waals surface area contributed by atoms with Gasteiger partial charge in [0.05, 0.1) is 17.1 Å². The topological polar surface area (TPSA) is 79.8 Å². The highest BCUT2D eigenvalue weighted by atomic mass is 32.2. The molecule has 1 aliphatic carbocycles. The van der Waals surface area contributed by atoms with Gasteiger partial charge in [0, 0.05) is 25.7 Å². The highest BCUT2D eigenvalue weighted by molar-refractivity contribution is 7.91. The molecule has 2 saturated heterocycles. The predicted molar refractivity (Wildman–Crippen MR) is 91.4 cm³/mol. The molecule has 3 aliphatic rings. The molecule has 2 unspecified atom stereocenters. The average Bonchev–Trinajstić information content (AvgIpc) is 2.83. The Balaban J connectivity index is 1.54. The van der Waals surface area contributed by atoms with Gasteiger partial charge in [0.15, 0.2) is 15.8 Å². The Hall–Kier alpha value is -0.820. The number of nitrogens with zero attached hydrogens (tertiary/aromatic N) is 1. The summed E-state index contributed by atoms with van der Waals surface area (Å²) < 4.78 is 29.1. The number of guanidine groups is 1. The largest absolute Gasteiger partial charge is 0.375 e. The van der Waals surface area contributed by atoms with Gasteiger partial charge in [0.1, 0.15) is 0 Å². The Kier molecular flexibility index (Phi) is 5.16. The molecular formula is C16H29N3O3S. The van der Waals surface area contributed by atoms with Crippen molar-refractivity contribution < 1.29 is 13.2 Å². The normalized spacial score (nSPS) is 32.5. The van der Waals surface area contributed by atoms with Gasteiger partial charge in [0.25, 0.3) is 0 Å². The van der Waals surface area contributed by atoms with Crippen molar-refractivity contribution in [3.63, 3.8) is 0 Å². The molecule has 0 radical (unpaired) electrons. The van der Waals surface area contributed by atoms with Crippen molar-refractivity contribution in [2.75, 3.05) is 31.2 Å². The third kappa shape index (κ3) is 4.38. The molecule has 23 heavy (non-hydrogen) atoms. The predicted octanol–water partition coefficient (Wildman–Crippen LogP) is 1.08. The summed E-state index contributed by atoms with van der Waals surface area (Å²) in [5.41, 5.74) is 0.118. The summed E-state index contributed by atoms with van der Waals surface area (Å²) in [4.78, 5) is 4.64. The number of rotatable bonds is 4. The van der Waals surface area contributed by atoms with Crippen LogP contribution in [-0.2, 0) is 14.6 Å². The summed E-state index contributed by atoms with van der Waals surface area (Å²) in [6.45, 7) is 4.26. The van der Waals surface area contributed by atoms with Crippen LogP contribution in [0.2, 0.25) is 0 Å². The van der Waals surface area contributed by atoms with Crippen LogP contribution >= 0.6 is 0 Å². The number of hydrogen-bond donors (Lipinski definition) is 2. The fourth-order valence-electron chi connectivity index (χ4n) is 3.82. The Bertz CT molecular complexity index is 543. The van der Waals surface area contributed by atoms with Crippen molar-refractivity contribution in [1.82, 2.24) is 10.6 Å². The summed E-state index contributed by atoms with van der Waals surface area (Å²) in [7, 11) is -2.82.